The molecule has 2 rings (SSSR count). The summed E-state index contributed by atoms with van der Waals surface area (Å²) in [6.45, 7) is 1.98. The highest BCUT2D eigenvalue weighted by Crippen LogP contribution is 2.25. The van der Waals surface area contributed by atoms with Crippen LogP contribution in [0.15, 0.2) is 12.1 Å². The molecule has 1 saturated heterocycles. The van der Waals surface area contributed by atoms with E-state index in [0.717, 1.165) is 11.3 Å². The number of carbonyl (C=O) groups excluding carboxylic acids is 2. The quantitative estimate of drug-likeness (QED) is 0.771. The summed E-state index contributed by atoms with van der Waals surface area (Å²) in [7, 11) is 0. The van der Waals surface area contributed by atoms with Crippen molar-refractivity contribution in [2.45, 2.75) is 25.3 Å². The first-order chi connectivity index (χ1) is 9.93. The van der Waals surface area contributed by atoms with E-state index in [1.807, 2.05) is 0 Å². The number of amides is 2. The normalized spacial score (nSPS) is 17.0. The molecule has 1 aliphatic rings. The molecule has 1 fully saturated rings. The van der Waals surface area contributed by atoms with Crippen LogP contribution in [-0.2, 0) is 14.3 Å². The third kappa shape index (κ3) is 3.59. The van der Waals surface area contributed by atoms with E-state index >= 15 is 0 Å². The van der Waals surface area contributed by atoms with Crippen LogP contribution in [0.25, 0.3) is 0 Å². The van der Waals surface area contributed by atoms with Crippen molar-refractivity contribution < 1.29 is 24.2 Å². The molecule has 7 nitrogen and oxygen atoms in total. The largest absolute Gasteiger partial charge is 0.480 e. The first-order valence-electron chi connectivity index (χ1n) is 6.44. The van der Waals surface area contributed by atoms with Gasteiger partial charge in [0.2, 0.25) is 5.91 Å². The number of ether oxygens (including phenoxy) is 1. The Hall–Kier alpha value is -1.93. The number of nitrogens with one attached hydrogen (secondary N) is 2. The van der Waals surface area contributed by atoms with Gasteiger partial charge in [0.25, 0.3) is 5.91 Å². The molecule has 8 heteroatoms. The number of hydrogen-bond acceptors (Lipinski definition) is 5. The summed E-state index contributed by atoms with van der Waals surface area (Å²) in [5, 5.41) is 15.1. The molecule has 2 heterocycles. The molecule has 0 saturated carbocycles. The highest BCUT2D eigenvalue weighted by atomic mass is 32.1. The van der Waals surface area contributed by atoms with E-state index in [0.29, 0.717) is 23.1 Å². The molecule has 0 atom stereocenters. The van der Waals surface area contributed by atoms with Crippen molar-refractivity contribution >= 4 is 34.1 Å². The summed E-state index contributed by atoms with van der Waals surface area (Å²) >= 11 is 1.10. The van der Waals surface area contributed by atoms with E-state index in [4.69, 9.17) is 4.74 Å². The van der Waals surface area contributed by atoms with Crippen LogP contribution >= 0.6 is 11.3 Å². The fourth-order valence-electron chi connectivity index (χ4n) is 2.09. The molecule has 1 aliphatic heterocycles. The second-order valence-corrected chi connectivity index (χ2v) is 5.88. The topological polar surface area (TPSA) is 105 Å². The van der Waals surface area contributed by atoms with Crippen LogP contribution in [0.1, 0.15) is 29.4 Å². The third-order valence-electron chi connectivity index (χ3n) is 3.24. The van der Waals surface area contributed by atoms with Gasteiger partial charge in [-0.25, -0.2) is 4.79 Å². The van der Waals surface area contributed by atoms with Gasteiger partial charge in [-0.3, -0.25) is 9.59 Å². The molecule has 0 aliphatic carbocycles. The number of rotatable bonds is 4. The van der Waals surface area contributed by atoms with Gasteiger partial charge in [-0.15, -0.1) is 11.3 Å². The predicted molar refractivity (Wildman–Crippen MR) is 76.5 cm³/mol. The van der Waals surface area contributed by atoms with Gasteiger partial charge >= 0.3 is 5.97 Å². The van der Waals surface area contributed by atoms with E-state index in [1.165, 1.54) is 6.92 Å². The maximum atomic E-state index is 12.2. The number of carbonyl (C=O) groups is 3. The second-order valence-electron chi connectivity index (χ2n) is 4.80. The summed E-state index contributed by atoms with van der Waals surface area (Å²) in [6.07, 6.45) is 0.468. The van der Waals surface area contributed by atoms with E-state index in [9.17, 15) is 19.5 Å². The monoisotopic (exact) mass is 312 g/mol. The Morgan fingerprint density at radius 1 is 1.29 bits per heavy atom. The molecule has 0 aromatic carbocycles. The minimum absolute atomic E-state index is 0.227. The minimum atomic E-state index is -1.28. The lowest BCUT2D eigenvalue weighted by atomic mass is 9.90. The smallest absolute Gasteiger partial charge is 0.329 e. The van der Waals surface area contributed by atoms with Crippen molar-refractivity contribution in [1.29, 1.82) is 0 Å². The van der Waals surface area contributed by atoms with E-state index in [-0.39, 0.29) is 18.7 Å². The van der Waals surface area contributed by atoms with Crippen LogP contribution < -0.4 is 10.6 Å². The van der Waals surface area contributed by atoms with Crippen LogP contribution in [0.3, 0.4) is 0 Å². The Morgan fingerprint density at radius 2 is 1.95 bits per heavy atom. The molecule has 21 heavy (non-hydrogen) atoms. The number of carboxylic acid groups (broad SMARTS) is 1. The molecule has 114 valence electrons. The zero-order valence-corrected chi connectivity index (χ0v) is 12.3. The van der Waals surface area contributed by atoms with Crippen LogP contribution in [0.2, 0.25) is 0 Å². The molecule has 0 spiro atoms. The number of anilines is 1. The Labute approximate surface area is 125 Å². The maximum Gasteiger partial charge on any atom is 0.329 e. The van der Waals surface area contributed by atoms with Crippen molar-refractivity contribution in [3.63, 3.8) is 0 Å². The summed E-state index contributed by atoms with van der Waals surface area (Å²) in [5.74, 6) is -1.74. The first-order valence-corrected chi connectivity index (χ1v) is 7.26. The summed E-state index contributed by atoms with van der Waals surface area (Å²) in [6, 6.07) is 3.17. The van der Waals surface area contributed by atoms with Crippen LogP contribution in [0.4, 0.5) is 5.00 Å². The van der Waals surface area contributed by atoms with Gasteiger partial charge in [-0.2, -0.15) is 0 Å². The lowest BCUT2D eigenvalue weighted by Gasteiger charge is -2.33. The highest BCUT2D eigenvalue weighted by Gasteiger charge is 2.41. The van der Waals surface area contributed by atoms with Crippen molar-refractivity contribution in [3.8, 4) is 0 Å². The van der Waals surface area contributed by atoms with E-state index < -0.39 is 17.4 Å². The Morgan fingerprint density at radius 3 is 2.52 bits per heavy atom. The summed E-state index contributed by atoms with van der Waals surface area (Å²) in [5.41, 5.74) is -1.28. The molecule has 1 aromatic heterocycles. The third-order valence-corrected chi connectivity index (χ3v) is 4.24. The Kier molecular flexibility index (Phi) is 4.59. The number of thiophene rings is 1. The number of carboxylic acids is 1. The molecule has 0 unspecified atom stereocenters. The first kappa shape index (κ1) is 15.5. The summed E-state index contributed by atoms with van der Waals surface area (Å²) < 4.78 is 5.15. The molecule has 1 aromatic rings. The van der Waals surface area contributed by atoms with Gasteiger partial charge in [-0.1, -0.05) is 0 Å². The lowest BCUT2D eigenvalue weighted by molar-refractivity contribution is -0.148. The lowest BCUT2D eigenvalue weighted by Crippen LogP contribution is -2.57. The van der Waals surface area contributed by atoms with Gasteiger partial charge in [0.1, 0.15) is 5.54 Å². The standard InChI is InChI=1S/C13H16N2O5S/c1-8(16)14-10-3-2-9(21-10)11(17)15-13(12(18)19)4-6-20-7-5-13/h2-3H,4-7H2,1H3,(H,14,16)(H,15,17)(H,18,19). The van der Waals surface area contributed by atoms with Crippen LogP contribution in [0, 0.1) is 0 Å². The van der Waals surface area contributed by atoms with Gasteiger partial charge < -0.3 is 20.5 Å². The van der Waals surface area contributed by atoms with Gasteiger partial charge in [0.05, 0.1) is 9.88 Å². The Balaban J connectivity index is 2.10. The van der Waals surface area contributed by atoms with Crippen molar-refractivity contribution in [2.75, 3.05) is 18.5 Å². The van der Waals surface area contributed by atoms with Crippen molar-refractivity contribution in [3.05, 3.63) is 17.0 Å². The SMILES string of the molecule is CC(=O)Nc1ccc(C(=O)NC2(C(=O)O)CCOCC2)s1. The Bertz CT molecular complexity index is 563. The van der Waals surface area contributed by atoms with E-state index in [1.54, 1.807) is 12.1 Å². The molecular formula is C13H16N2O5S. The van der Waals surface area contributed by atoms with Gasteiger partial charge in [-0.05, 0) is 12.1 Å². The number of aliphatic carboxylic acids is 1. The zero-order valence-electron chi connectivity index (χ0n) is 11.5. The van der Waals surface area contributed by atoms with Gasteiger partial charge in [0.15, 0.2) is 0 Å². The molecule has 2 amide bonds. The minimum Gasteiger partial charge on any atom is -0.480 e. The molecule has 0 bridgehead atoms. The fraction of sp³-hybridized carbons (Fsp3) is 0.462. The molecular weight excluding hydrogens is 296 g/mol. The van der Waals surface area contributed by atoms with Crippen molar-refractivity contribution in [2.24, 2.45) is 0 Å². The van der Waals surface area contributed by atoms with Crippen LogP contribution in [-0.4, -0.2) is 41.6 Å². The molecule has 3 N–H and O–H groups in total. The maximum absolute atomic E-state index is 12.2. The average molecular weight is 312 g/mol. The fourth-order valence-corrected chi connectivity index (χ4v) is 2.94. The molecule has 0 radical (unpaired) electrons. The van der Waals surface area contributed by atoms with Crippen molar-refractivity contribution in [1.82, 2.24) is 5.32 Å². The van der Waals surface area contributed by atoms with Crippen LogP contribution in [0.5, 0.6) is 0 Å². The zero-order chi connectivity index (χ0) is 15.5. The van der Waals surface area contributed by atoms with Gasteiger partial charge in [0, 0.05) is 33.0 Å². The summed E-state index contributed by atoms with van der Waals surface area (Å²) in [4.78, 5) is 35.0. The highest BCUT2D eigenvalue weighted by molar-refractivity contribution is 7.18. The average Bonchev–Trinajstić information content (AvgIpc) is 2.87. The number of hydrogen-bond donors (Lipinski definition) is 3. The van der Waals surface area contributed by atoms with E-state index in [2.05, 4.69) is 10.6 Å². The second kappa shape index (κ2) is 6.23. The predicted octanol–water partition coefficient (Wildman–Crippen LogP) is 1.07.